The third-order valence-electron chi connectivity index (χ3n) is 3.38. The minimum Gasteiger partial charge on any atom is -0.347 e. The van der Waals surface area contributed by atoms with Crippen LogP contribution < -0.4 is 10.2 Å². The van der Waals surface area contributed by atoms with Gasteiger partial charge in [0.2, 0.25) is 5.13 Å². The highest BCUT2D eigenvalue weighted by molar-refractivity contribution is 7.09. The molecule has 1 aromatic rings. The molecular weight excluding hydrogens is 244 g/mol. The number of rotatable bonds is 5. The molecule has 0 aromatic carbocycles. The second-order valence-corrected chi connectivity index (χ2v) is 6.09. The highest BCUT2D eigenvalue weighted by atomic mass is 32.1. The molecule has 1 aliphatic rings. The molecule has 1 atom stereocenters. The molecule has 1 fully saturated rings. The molecule has 0 radical (unpaired) electrons. The summed E-state index contributed by atoms with van der Waals surface area (Å²) < 4.78 is 4.38. The fourth-order valence-electron chi connectivity index (χ4n) is 2.32. The molecule has 102 valence electrons. The van der Waals surface area contributed by atoms with Crippen LogP contribution in [0.15, 0.2) is 0 Å². The number of hydrogen-bond donors (Lipinski definition) is 1. The molecule has 0 amide bonds. The minimum atomic E-state index is 0.577. The summed E-state index contributed by atoms with van der Waals surface area (Å²) in [4.78, 5) is 7.00. The van der Waals surface area contributed by atoms with Crippen molar-refractivity contribution in [3.05, 3.63) is 5.82 Å². The molecule has 0 aliphatic carbocycles. The average molecular weight is 268 g/mol. The number of nitrogens with one attached hydrogen (secondary N) is 1. The third-order valence-corrected chi connectivity index (χ3v) is 4.19. The molecule has 0 spiro atoms. The normalized spacial score (nSPS) is 20.7. The number of aromatic nitrogens is 2. The van der Waals surface area contributed by atoms with Gasteiger partial charge < -0.3 is 10.2 Å². The van der Waals surface area contributed by atoms with Gasteiger partial charge in [-0.25, -0.2) is 4.98 Å². The summed E-state index contributed by atoms with van der Waals surface area (Å²) >= 11 is 1.55. The van der Waals surface area contributed by atoms with Gasteiger partial charge in [-0.15, -0.1) is 0 Å². The van der Waals surface area contributed by atoms with Crippen LogP contribution in [0.1, 0.15) is 39.4 Å². The van der Waals surface area contributed by atoms with Gasteiger partial charge in [0.15, 0.2) is 0 Å². The quantitative estimate of drug-likeness (QED) is 0.890. The lowest BCUT2D eigenvalue weighted by Crippen LogP contribution is -2.41. The van der Waals surface area contributed by atoms with E-state index >= 15 is 0 Å². The summed E-state index contributed by atoms with van der Waals surface area (Å²) in [6, 6.07) is 0.577. The largest absolute Gasteiger partial charge is 0.347 e. The van der Waals surface area contributed by atoms with Crippen LogP contribution >= 0.6 is 11.5 Å². The lowest BCUT2D eigenvalue weighted by atomic mass is 9.98. The maximum atomic E-state index is 4.60. The van der Waals surface area contributed by atoms with Gasteiger partial charge in [-0.2, -0.15) is 4.37 Å². The number of piperidine rings is 1. The Labute approximate surface area is 114 Å². The molecular formula is C13H24N4S. The van der Waals surface area contributed by atoms with E-state index in [4.69, 9.17) is 0 Å². The highest BCUT2D eigenvalue weighted by Crippen LogP contribution is 2.24. The molecule has 1 aliphatic heterocycles. The lowest BCUT2D eigenvalue weighted by Gasteiger charge is -2.32. The molecule has 1 unspecified atom stereocenters. The molecule has 1 N–H and O–H groups in total. The number of aryl methyl sites for hydroxylation is 1. The lowest BCUT2D eigenvalue weighted by molar-refractivity contribution is 0.379. The second kappa shape index (κ2) is 6.48. The van der Waals surface area contributed by atoms with Crippen molar-refractivity contribution in [1.82, 2.24) is 14.7 Å². The first-order valence-corrected chi connectivity index (χ1v) is 7.77. The first-order valence-electron chi connectivity index (χ1n) is 7.00. The van der Waals surface area contributed by atoms with E-state index in [1.807, 2.05) is 0 Å². The highest BCUT2D eigenvalue weighted by Gasteiger charge is 2.22. The van der Waals surface area contributed by atoms with E-state index in [-0.39, 0.29) is 0 Å². The zero-order valence-corrected chi connectivity index (χ0v) is 12.5. The van der Waals surface area contributed by atoms with Crippen LogP contribution in [-0.4, -0.2) is 35.0 Å². The van der Waals surface area contributed by atoms with Crippen LogP contribution in [0.2, 0.25) is 0 Å². The summed E-state index contributed by atoms with van der Waals surface area (Å²) in [6.45, 7) is 9.90. The van der Waals surface area contributed by atoms with Gasteiger partial charge in [0.05, 0.1) is 0 Å². The third kappa shape index (κ3) is 3.65. The average Bonchev–Trinajstić information content (AvgIpc) is 2.85. The van der Waals surface area contributed by atoms with E-state index in [0.717, 1.165) is 42.9 Å². The van der Waals surface area contributed by atoms with E-state index in [0.29, 0.717) is 6.04 Å². The van der Waals surface area contributed by atoms with Gasteiger partial charge in [-0.1, -0.05) is 20.8 Å². The maximum absolute atomic E-state index is 4.60. The Morgan fingerprint density at radius 2 is 2.33 bits per heavy atom. The Balaban J connectivity index is 1.89. The van der Waals surface area contributed by atoms with Crippen LogP contribution in [0.25, 0.3) is 0 Å². The first-order chi connectivity index (χ1) is 8.69. The van der Waals surface area contributed by atoms with E-state index in [9.17, 15) is 0 Å². The predicted molar refractivity (Wildman–Crippen MR) is 77.4 cm³/mol. The Bertz CT molecular complexity index is 364. The zero-order valence-electron chi connectivity index (χ0n) is 11.6. The van der Waals surface area contributed by atoms with Crippen LogP contribution in [0.5, 0.6) is 0 Å². The summed E-state index contributed by atoms with van der Waals surface area (Å²) in [5.74, 6) is 1.73. The maximum Gasteiger partial charge on any atom is 0.205 e. The predicted octanol–water partition coefficient (Wildman–Crippen LogP) is 2.31. The van der Waals surface area contributed by atoms with Gasteiger partial charge in [0.25, 0.3) is 0 Å². The van der Waals surface area contributed by atoms with Crippen molar-refractivity contribution in [2.24, 2.45) is 5.92 Å². The van der Waals surface area contributed by atoms with Crippen molar-refractivity contribution >= 4 is 16.7 Å². The van der Waals surface area contributed by atoms with Crippen molar-refractivity contribution in [3.63, 3.8) is 0 Å². The van der Waals surface area contributed by atoms with Gasteiger partial charge in [0, 0.05) is 37.1 Å². The zero-order chi connectivity index (χ0) is 13.0. The van der Waals surface area contributed by atoms with Crippen molar-refractivity contribution in [2.75, 3.05) is 24.5 Å². The second-order valence-electron chi connectivity index (χ2n) is 5.36. The van der Waals surface area contributed by atoms with Gasteiger partial charge >= 0.3 is 0 Å². The molecule has 5 heteroatoms. The summed E-state index contributed by atoms with van der Waals surface area (Å²) in [7, 11) is 0. The number of hydrogen-bond acceptors (Lipinski definition) is 5. The van der Waals surface area contributed by atoms with Gasteiger partial charge in [-0.05, 0) is 25.3 Å². The SMILES string of the molecule is CCc1nsc(N2CCCC(CNC(C)C)C2)n1. The van der Waals surface area contributed by atoms with Crippen LogP contribution in [0.3, 0.4) is 0 Å². The monoisotopic (exact) mass is 268 g/mol. The molecule has 1 saturated heterocycles. The molecule has 0 saturated carbocycles. The van der Waals surface area contributed by atoms with Gasteiger partial charge in [0.1, 0.15) is 5.82 Å². The van der Waals surface area contributed by atoms with Crippen molar-refractivity contribution < 1.29 is 0 Å². The Morgan fingerprint density at radius 3 is 3.00 bits per heavy atom. The van der Waals surface area contributed by atoms with E-state index < -0.39 is 0 Å². The van der Waals surface area contributed by atoms with Crippen molar-refractivity contribution in [2.45, 2.75) is 46.1 Å². The Hall–Kier alpha value is -0.680. The molecule has 0 bridgehead atoms. The Morgan fingerprint density at radius 1 is 1.50 bits per heavy atom. The number of nitrogens with zero attached hydrogens (tertiary/aromatic N) is 3. The van der Waals surface area contributed by atoms with E-state index in [1.54, 1.807) is 11.5 Å². The van der Waals surface area contributed by atoms with Gasteiger partial charge in [-0.3, -0.25) is 0 Å². The van der Waals surface area contributed by atoms with Crippen LogP contribution in [0, 0.1) is 5.92 Å². The first kappa shape index (κ1) is 13.7. The standard InChI is InChI=1S/C13H24N4S/c1-4-12-15-13(18-16-12)17-7-5-6-11(9-17)8-14-10(2)3/h10-11,14H,4-9H2,1-3H3. The molecule has 2 heterocycles. The molecule has 4 nitrogen and oxygen atoms in total. The Kier molecular flexibility index (Phi) is 4.95. The molecule has 18 heavy (non-hydrogen) atoms. The van der Waals surface area contributed by atoms with Crippen LogP contribution in [-0.2, 0) is 6.42 Å². The smallest absolute Gasteiger partial charge is 0.205 e. The van der Waals surface area contributed by atoms with Crippen molar-refractivity contribution in [1.29, 1.82) is 0 Å². The topological polar surface area (TPSA) is 41.1 Å². The van der Waals surface area contributed by atoms with E-state index in [1.165, 1.54) is 12.8 Å². The fourth-order valence-corrected chi connectivity index (χ4v) is 3.11. The summed E-state index contributed by atoms with van der Waals surface area (Å²) in [6.07, 6.45) is 3.53. The molecule has 1 aromatic heterocycles. The van der Waals surface area contributed by atoms with Crippen molar-refractivity contribution in [3.8, 4) is 0 Å². The fraction of sp³-hybridized carbons (Fsp3) is 0.846. The molecule has 2 rings (SSSR count). The van der Waals surface area contributed by atoms with Crippen LogP contribution in [0.4, 0.5) is 5.13 Å². The van der Waals surface area contributed by atoms with E-state index in [2.05, 4.69) is 40.3 Å². The summed E-state index contributed by atoms with van der Waals surface area (Å²) in [5, 5.41) is 4.66. The number of anilines is 1. The minimum absolute atomic E-state index is 0.577. The summed E-state index contributed by atoms with van der Waals surface area (Å²) in [5.41, 5.74) is 0.